The Morgan fingerprint density at radius 2 is 2.35 bits per heavy atom. The highest BCUT2D eigenvalue weighted by molar-refractivity contribution is 5.53. The summed E-state index contributed by atoms with van der Waals surface area (Å²) in [6.07, 6.45) is 1.14. The third-order valence-corrected chi connectivity index (χ3v) is 3.01. The van der Waals surface area contributed by atoms with Crippen LogP contribution in [0.2, 0.25) is 0 Å². The molecule has 0 spiro atoms. The van der Waals surface area contributed by atoms with Crippen LogP contribution in [0.4, 0.5) is 17.6 Å². The molecule has 1 aromatic rings. The average molecular weight is 236 g/mol. The van der Waals surface area contributed by atoms with E-state index in [-0.39, 0.29) is 0 Å². The van der Waals surface area contributed by atoms with Gasteiger partial charge in [0.2, 0.25) is 5.95 Å². The Kier molecular flexibility index (Phi) is 3.63. The van der Waals surface area contributed by atoms with Gasteiger partial charge in [-0.15, -0.1) is 0 Å². The highest BCUT2D eigenvalue weighted by Gasteiger charge is 2.22. The molecule has 0 unspecified atom stereocenters. The molecular weight excluding hydrogens is 216 g/mol. The van der Waals surface area contributed by atoms with Crippen LogP contribution < -0.4 is 21.3 Å². The summed E-state index contributed by atoms with van der Waals surface area (Å²) in [5, 5.41) is 6.45. The van der Waals surface area contributed by atoms with Gasteiger partial charge in [-0.1, -0.05) is 0 Å². The van der Waals surface area contributed by atoms with Crippen molar-refractivity contribution in [2.45, 2.75) is 19.4 Å². The van der Waals surface area contributed by atoms with Gasteiger partial charge in [-0.2, -0.15) is 9.97 Å². The Bertz CT molecular complexity index is 380. The lowest BCUT2D eigenvalue weighted by Gasteiger charge is -2.18. The number of rotatable bonds is 4. The smallest absolute Gasteiger partial charge is 0.223 e. The molecule has 1 fully saturated rings. The van der Waals surface area contributed by atoms with Crippen LogP contribution in [-0.2, 0) is 0 Å². The molecule has 17 heavy (non-hydrogen) atoms. The van der Waals surface area contributed by atoms with Gasteiger partial charge in [-0.3, -0.25) is 0 Å². The van der Waals surface area contributed by atoms with Gasteiger partial charge < -0.3 is 21.3 Å². The first-order valence-corrected chi connectivity index (χ1v) is 6.03. The van der Waals surface area contributed by atoms with Gasteiger partial charge in [0.25, 0.3) is 0 Å². The number of likely N-dealkylation sites (N-methyl/N-ethyl adjacent to an activating group) is 1. The van der Waals surface area contributed by atoms with Crippen LogP contribution in [0, 0.1) is 0 Å². The maximum Gasteiger partial charge on any atom is 0.223 e. The molecule has 0 amide bonds. The van der Waals surface area contributed by atoms with E-state index in [1.807, 2.05) is 20.0 Å². The first kappa shape index (κ1) is 11.9. The maximum absolute atomic E-state index is 5.72. The minimum absolute atomic E-state index is 0.325. The molecule has 1 aromatic heterocycles. The highest BCUT2D eigenvalue weighted by atomic mass is 15.3. The molecular formula is C11H20N6. The lowest BCUT2D eigenvalue weighted by atomic mass is 10.3. The predicted molar refractivity (Wildman–Crippen MR) is 70.3 cm³/mol. The molecule has 94 valence electrons. The number of aromatic nitrogens is 2. The van der Waals surface area contributed by atoms with Crippen LogP contribution in [-0.4, -0.2) is 42.7 Å². The van der Waals surface area contributed by atoms with Crippen molar-refractivity contribution >= 4 is 17.6 Å². The van der Waals surface area contributed by atoms with Gasteiger partial charge in [0, 0.05) is 31.7 Å². The zero-order chi connectivity index (χ0) is 12.3. The molecule has 1 saturated heterocycles. The summed E-state index contributed by atoms with van der Waals surface area (Å²) in [6, 6.07) is 2.49. The molecule has 4 N–H and O–H groups in total. The quantitative estimate of drug-likeness (QED) is 0.697. The van der Waals surface area contributed by atoms with E-state index in [1.165, 1.54) is 0 Å². The van der Waals surface area contributed by atoms with Gasteiger partial charge in [-0.05, 0) is 20.4 Å². The van der Waals surface area contributed by atoms with E-state index in [1.54, 1.807) is 0 Å². The molecule has 2 rings (SSSR count). The standard InChI is InChI=1S/C11H20N6/c1-3-14-9-6-10(16-11(12)15-9)17-5-4-8(7-17)13-2/h6,8,13H,3-5,7H2,1-2H3,(H3,12,14,15,16)/t8-/m0/s1. The van der Waals surface area contributed by atoms with Crippen LogP contribution in [0.3, 0.4) is 0 Å². The Labute approximate surface area is 102 Å². The molecule has 0 bridgehead atoms. The van der Waals surface area contributed by atoms with E-state index < -0.39 is 0 Å². The number of hydrogen-bond acceptors (Lipinski definition) is 6. The number of anilines is 3. The second kappa shape index (κ2) is 5.18. The molecule has 1 aliphatic rings. The summed E-state index contributed by atoms with van der Waals surface area (Å²) in [6.45, 7) is 4.84. The monoisotopic (exact) mass is 236 g/mol. The Morgan fingerprint density at radius 3 is 3.00 bits per heavy atom. The first-order valence-electron chi connectivity index (χ1n) is 6.03. The van der Waals surface area contributed by atoms with E-state index in [0.717, 1.165) is 37.7 Å². The third-order valence-electron chi connectivity index (χ3n) is 3.01. The van der Waals surface area contributed by atoms with Crippen molar-refractivity contribution in [3.05, 3.63) is 6.07 Å². The summed E-state index contributed by atoms with van der Waals surface area (Å²) in [7, 11) is 1.99. The zero-order valence-electron chi connectivity index (χ0n) is 10.4. The second-order valence-corrected chi connectivity index (χ2v) is 4.22. The van der Waals surface area contributed by atoms with E-state index in [2.05, 4.69) is 25.5 Å². The topological polar surface area (TPSA) is 79.1 Å². The van der Waals surface area contributed by atoms with Crippen molar-refractivity contribution in [2.75, 3.05) is 42.6 Å². The molecule has 2 heterocycles. The Morgan fingerprint density at radius 1 is 1.53 bits per heavy atom. The normalized spacial score (nSPS) is 19.6. The van der Waals surface area contributed by atoms with Gasteiger partial charge in [0.1, 0.15) is 11.6 Å². The van der Waals surface area contributed by atoms with Crippen molar-refractivity contribution in [3.63, 3.8) is 0 Å². The van der Waals surface area contributed by atoms with Crippen LogP contribution in [0.25, 0.3) is 0 Å². The van der Waals surface area contributed by atoms with Gasteiger partial charge in [0.15, 0.2) is 0 Å². The number of nitrogens with zero attached hydrogens (tertiary/aromatic N) is 3. The van der Waals surface area contributed by atoms with Gasteiger partial charge in [0.05, 0.1) is 0 Å². The van der Waals surface area contributed by atoms with E-state index >= 15 is 0 Å². The SMILES string of the molecule is CCNc1cc(N2CC[C@H](NC)C2)nc(N)n1. The van der Waals surface area contributed by atoms with Crippen molar-refractivity contribution in [1.82, 2.24) is 15.3 Å². The number of hydrogen-bond donors (Lipinski definition) is 3. The summed E-state index contributed by atoms with van der Waals surface area (Å²) < 4.78 is 0. The predicted octanol–water partition coefficient (Wildman–Crippen LogP) is 0.289. The Hall–Kier alpha value is -1.56. The summed E-state index contributed by atoms with van der Waals surface area (Å²) >= 11 is 0. The highest BCUT2D eigenvalue weighted by Crippen LogP contribution is 2.21. The molecule has 1 aliphatic heterocycles. The number of nitrogen functional groups attached to an aromatic ring is 1. The van der Waals surface area contributed by atoms with E-state index in [4.69, 9.17) is 5.73 Å². The van der Waals surface area contributed by atoms with E-state index in [0.29, 0.717) is 12.0 Å². The fraction of sp³-hybridized carbons (Fsp3) is 0.636. The third kappa shape index (κ3) is 2.76. The van der Waals surface area contributed by atoms with Crippen LogP contribution in [0.5, 0.6) is 0 Å². The van der Waals surface area contributed by atoms with Gasteiger partial charge >= 0.3 is 0 Å². The molecule has 6 heteroatoms. The fourth-order valence-electron chi connectivity index (χ4n) is 2.09. The fourth-order valence-corrected chi connectivity index (χ4v) is 2.09. The van der Waals surface area contributed by atoms with Crippen LogP contribution in [0.15, 0.2) is 6.07 Å². The lowest BCUT2D eigenvalue weighted by Crippen LogP contribution is -2.30. The van der Waals surface area contributed by atoms with Crippen molar-refractivity contribution < 1.29 is 0 Å². The average Bonchev–Trinajstić information content (AvgIpc) is 2.77. The Balaban J connectivity index is 2.15. The number of nitrogens with two attached hydrogens (primary N) is 1. The van der Waals surface area contributed by atoms with E-state index in [9.17, 15) is 0 Å². The summed E-state index contributed by atoms with van der Waals surface area (Å²) in [5.41, 5.74) is 5.72. The van der Waals surface area contributed by atoms with Crippen LogP contribution >= 0.6 is 0 Å². The summed E-state index contributed by atoms with van der Waals surface area (Å²) in [4.78, 5) is 10.7. The molecule has 0 radical (unpaired) electrons. The minimum atomic E-state index is 0.325. The molecule has 0 saturated carbocycles. The van der Waals surface area contributed by atoms with Gasteiger partial charge in [-0.25, -0.2) is 0 Å². The number of nitrogens with one attached hydrogen (secondary N) is 2. The second-order valence-electron chi connectivity index (χ2n) is 4.22. The molecule has 0 aliphatic carbocycles. The molecule has 0 aromatic carbocycles. The maximum atomic E-state index is 5.72. The van der Waals surface area contributed by atoms with Crippen molar-refractivity contribution in [1.29, 1.82) is 0 Å². The minimum Gasteiger partial charge on any atom is -0.370 e. The van der Waals surface area contributed by atoms with Crippen LogP contribution in [0.1, 0.15) is 13.3 Å². The summed E-state index contributed by atoms with van der Waals surface area (Å²) in [5.74, 6) is 2.03. The van der Waals surface area contributed by atoms with Crippen molar-refractivity contribution in [3.8, 4) is 0 Å². The largest absolute Gasteiger partial charge is 0.370 e. The molecule has 1 atom stereocenters. The zero-order valence-corrected chi connectivity index (χ0v) is 10.4. The lowest BCUT2D eigenvalue weighted by molar-refractivity contribution is 0.616. The first-order chi connectivity index (χ1) is 8.22. The van der Waals surface area contributed by atoms with Crippen molar-refractivity contribution in [2.24, 2.45) is 0 Å². The molecule has 6 nitrogen and oxygen atoms in total.